The third-order valence-corrected chi connectivity index (χ3v) is 2.24. The third kappa shape index (κ3) is 5.27. The molecule has 13 heavy (non-hydrogen) atoms. The molecule has 2 N–H and O–H groups in total. The number of hydrogen-bond donors (Lipinski definition) is 1. The molecule has 0 amide bonds. The Hall–Kier alpha value is -0.0731. The minimum atomic E-state index is -4.37. The summed E-state index contributed by atoms with van der Waals surface area (Å²) in [6, 6.07) is -1.02. The summed E-state index contributed by atoms with van der Waals surface area (Å²) in [6.45, 7) is 6.41. The van der Waals surface area contributed by atoms with Gasteiger partial charge in [0.15, 0.2) is 14.4 Å². The monoisotopic (exact) mass is 215 g/mol. The van der Waals surface area contributed by atoms with Crippen molar-refractivity contribution in [2.75, 3.05) is 0 Å². The Balaban J connectivity index is 4.47. The maximum absolute atomic E-state index is 12.3. The quantitative estimate of drug-likeness (QED) is 0.732. The van der Waals surface area contributed by atoms with Gasteiger partial charge in [-0.05, 0) is 26.6 Å². The van der Waals surface area contributed by atoms with Gasteiger partial charge in [-0.25, -0.2) is 0 Å². The highest BCUT2D eigenvalue weighted by atomic mass is 28.4. The summed E-state index contributed by atoms with van der Waals surface area (Å²) in [4.78, 5) is 0. The molecular formula is C7H16F3NOSi. The molecule has 0 spiro atoms. The molecule has 0 aromatic carbocycles. The van der Waals surface area contributed by atoms with Crippen molar-refractivity contribution in [3.05, 3.63) is 0 Å². The second-order valence-corrected chi connectivity index (χ2v) is 8.51. The van der Waals surface area contributed by atoms with Crippen molar-refractivity contribution in [1.29, 1.82) is 0 Å². The smallest absolute Gasteiger partial charge is 0.405 e. The first-order chi connectivity index (χ1) is 5.54. The normalized spacial score (nSPS) is 18.5. The molecule has 0 fully saturated rings. The van der Waals surface area contributed by atoms with Crippen LogP contribution in [0.15, 0.2) is 0 Å². The molecule has 0 aromatic rings. The van der Waals surface area contributed by atoms with Crippen LogP contribution in [0.5, 0.6) is 0 Å². The summed E-state index contributed by atoms with van der Waals surface area (Å²) in [7, 11) is -2.19. The highest BCUT2D eigenvalue weighted by Crippen LogP contribution is 2.27. The molecular weight excluding hydrogens is 199 g/mol. The van der Waals surface area contributed by atoms with Crippen LogP contribution in [0.2, 0.25) is 19.6 Å². The lowest BCUT2D eigenvalue weighted by atomic mass is 10.2. The fraction of sp³-hybridized carbons (Fsp3) is 1.00. The molecule has 2 unspecified atom stereocenters. The zero-order chi connectivity index (χ0) is 10.9. The highest BCUT2D eigenvalue weighted by Gasteiger charge is 2.45. The minimum absolute atomic E-state index is 1.02. The topological polar surface area (TPSA) is 35.2 Å². The Bertz CT molecular complexity index is 164. The number of nitrogens with two attached hydrogens (primary N) is 1. The van der Waals surface area contributed by atoms with Gasteiger partial charge in [0.25, 0.3) is 0 Å². The van der Waals surface area contributed by atoms with Crippen LogP contribution in [0.25, 0.3) is 0 Å². The molecule has 2 atom stereocenters. The van der Waals surface area contributed by atoms with Crippen LogP contribution in [0.3, 0.4) is 0 Å². The van der Waals surface area contributed by atoms with Crippen LogP contribution in [0.1, 0.15) is 6.92 Å². The molecule has 0 bridgehead atoms. The van der Waals surface area contributed by atoms with Gasteiger partial charge in [-0.1, -0.05) is 0 Å². The summed E-state index contributed by atoms with van der Waals surface area (Å²) in [5.41, 5.74) is 5.21. The first-order valence-corrected chi connectivity index (χ1v) is 7.45. The van der Waals surface area contributed by atoms with E-state index in [0.29, 0.717) is 0 Å². The summed E-state index contributed by atoms with van der Waals surface area (Å²) in [6.07, 6.45) is -6.20. The van der Waals surface area contributed by atoms with E-state index in [2.05, 4.69) is 0 Å². The van der Waals surface area contributed by atoms with E-state index in [4.69, 9.17) is 10.2 Å². The Kier molecular flexibility index (Phi) is 3.95. The van der Waals surface area contributed by atoms with Crippen molar-refractivity contribution in [2.45, 2.75) is 44.9 Å². The van der Waals surface area contributed by atoms with Gasteiger partial charge in [0.05, 0.1) is 0 Å². The number of alkyl halides is 3. The van der Waals surface area contributed by atoms with E-state index in [-0.39, 0.29) is 0 Å². The molecule has 0 rings (SSSR count). The van der Waals surface area contributed by atoms with Crippen LogP contribution in [0.4, 0.5) is 13.2 Å². The van der Waals surface area contributed by atoms with Gasteiger partial charge >= 0.3 is 6.18 Å². The van der Waals surface area contributed by atoms with Crippen LogP contribution in [-0.4, -0.2) is 26.6 Å². The first kappa shape index (κ1) is 12.9. The molecule has 80 valence electrons. The minimum Gasteiger partial charge on any atom is -0.405 e. The maximum Gasteiger partial charge on any atom is 0.414 e. The van der Waals surface area contributed by atoms with E-state index in [1.165, 1.54) is 6.92 Å². The third-order valence-electron chi connectivity index (χ3n) is 1.28. The van der Waals surface area contributed by atoms with Crippen LogP contribution >= 0.6 is 0 Å². The van der Waals surface area contributed by atoms with E-state index in [1.807, 2.05) is 0 Å². The number of halogens is 3. The lowest BCUT2D eigenvalue weighted by molar-refractivity contribution is -0.202. The van der Waals surface area contributed by atoms with Gasteiger partial charge in [0.2, 0.25) is 0 Å². The van der Waals surface area contributed by atoms with Crippen LogP contribution < -0.4 is 5.73 Å². The summed E-state index contributed by atoms with van der Waals surface area (Å²) in [5, 5.41) is 0. The molecule has 0 saturated heterocycles. The van der Waals surface area contributed by atoms with Crippen molar-refractivity contribution < 1.29 is 17.6 Å². The molecule has 0 aromatic heterocycles. The second-order valence-electron chi connectivity index (χ2n) is 4.05. The van der Waals surface area contributed by atoms with Gasteiger partial charge in [0.1, 0.15) is 0 Å². The van der Waals surface area contributed by atoms with E-state index in [0.717, 1.165) is 0 Å². The Morgan fingerprint density at radius 1 is 1.23 bits per heavy atom. The Labute approximate surface area is 77.4 Å². The summed E-state index contributed by atoms with van der Waals surface area (Å²) < 4.78 is 41.9. The molecule has 0 aliphatic rings. The molecule has 0 saturated carbocycles. The van der Waals surface area contributed by atoms with Crippen molar-refractivity contribution in [2.24, 2.45) is 5.73 Å². The second kappa shape index (κ2) is 3.98. The van der Waals surface area contributed by atoms with Crippen LogP contribution in [0, 0.1) is 0 Å². The highest BCUT2D eigenvalue weighted by molar-refractivity contribution is 6.69. The molecule has 0 heterocycles. The van der Waals surface area contributed by atoms with Gasteiger partial charge in [-0.3, -0.25) is 0 Å². The van der Waals surface area contributed by atoms with Crippen molar-refractivity contribution >= 4 is 8.32 Å². The molecule has 0 aliphatic carbocycles. The van der Waals surface area contributed by atoms with Gasteiger partial charge in [-0.2, -0.15) is 13.2 Å². The average Bonchev–Trinajstić information content (AvgIpc) is 1.77. The molecule has 0 aliphatic heterocycles. The van der Waals surface area contributed by atoms with Gasteiger partial charge < -0.3 is 10.2 Å². The van der Waals surface area contributed by atoms with Crippen molar-refractivity contribution in [3.63, 3.8) is 0 Å². The largest absolute Gasteiger partial charge is 0.414 e. The molecule has 0 radical (unpaired) electrons. The summed E-state index contributed by atoms with van der Waals surface area (Å²) in [5.74, 6) is 0. The SMILES string of the molecule is CC(N)C(O[Si](C)(C)C)C(F)(F)F. The van der Waals surface area contributed by atoms with Crippen LogP contribution in [-0.2, 0) is 4.43 Å². The standard InChI is InChI=1S/C7H16F3NOSi/c1-5(11)6(7(8,9)10)12-13(2,3)4/h5-6H,11H2,1-4H3. The average molecular weight is 215 g/mol. The van der Waals surface area contributed by atoms with E-state index < -0.39 is 26.6 Å². The predicted octanol–water partition coefficient (Wildman–Crippen LogP) is 2.12. The summed E-state index contributed by atoms with van der Waals surface area (Å²) >= 11 is 0. The lowest BCUT2D eigenvalue weighted by Crippen LogP contribution is -2.50. The number of rotatable bonds is 3. The van der Waals surface area contributed by atoms with E-state index >= 15 is 0 Å². The zero-order valence-electron chi connectivity index (χ0n) is 8.27. The lowest BCUT2D eigenvalue weighted by Gasteiger charge is -2.30. The predicted molar refractivity (Wildman–Crippen MR) is 47.9 cm³/mol. The van der Waals surface area contributed by atoms with Crippen molar-refractivity contribution in [1.82, 2.24) is 0 Å². The van der Waals surface area contributed by atoms with E-state index in [1.54, 1.807) is 19.6 Å². The Morgan fingerprint density at radius 2 is 1.62 bits per heavy atom. The van der Waals surface area contributed by atoms with E-state index in [9.17, 15) is 13.2 Å². The zero-order valence-corrected chi connectivity index (χ0v) is 9.27. The first-order valence-electron chi connectivity index (χ1n) is 4.04. The molecule has 6 heteroatoms. The fourth-order valence-electron chi connectivity index (χ4n) is 0.853. The Morgan fingerprint density at radius 3 is 1.69 bits per heavy atom. The van der Waals surface area contributed by atoms with Gasteiger partial charge in [-0.15, -0.1) is 0 Å². The maximum atomic E-state index is 12.3. The van der Waals surface area contributed by atoms with Crippen molar-refractivity contribution in [3.8, 4) is 0 Å². The molecule has 2 nitrogen and oxygen atoms in total. The van der Waals surface area contributed by atoms with Gasteiger partial charge in [0, 0.05) is 6.04 Å². The fourth-order valence-corrected chi connectivity index (χ4v) is 1.96. The number of hydrogen-bond acceptors (Lipinski definition) is 2.